The summed E-state index contributed by atoms with van der Waals surface area (Å²) in [6, 6.07) is -0.627. The third kappa shape index (κ3) is 2.16. The Morgan fingerprint density at radius 2 is 2.39 bits per heavy atom. The van der Waals surface area contributed by atoms with Crippen LogP contribution in [0.4, 0.5) is 0 Å². The number of carbonyl (C=O) groups is 1. The molecule has 1 aromatic rings. The van der Waals surface area contributed by atoms with Crippen LogP contribution in [0.25, 0.3) is 0 Å². The molecule has 2 heterocycles. The molecule has 1 aromatic heterocycles. The van der Waals surface area contributed by atoms with Crippen LogP contribution < -0.4 is 4.74 Å². The summed E-state index contributed by atoms with van der Waals surface area (Å²) in [5.74, 6) is -0.228. The summed E-state index contributed by atoms with van der Waals surface area (Å²) in [5, 5.41) is 18.3. The standard InChI is InChI=1S/C12H16N2O4/c1-7-11-10(9(5-15)3-13-7)4-14(6-18-11)8(2)12(16)17/h3,8,15H,4-6H2,1-2H3,(H,16,17). The highest BCUT2D eigenvalue weighted by atomic mass is 16.5. The summed E-state index contributed by atoms with van der Waals surface area (Å²) in [4.78, 5) is 16.8. The zero-order chi connectivity index (χ0) is 13.3. The van der Waals surface area contributed by atoms with Gasteiger partial charge in [0, 0.05) is 23.9 Å². The van der Waals surface area contributed by atoms with Gasteiger partial charge in [0.1, 0.15) is 18.5 Å². The van der Waals surface area contributed by atoms with E-state index in [9.17, 15) is 9.90 Å². The lowest BCUT2D eigenvalue weighted by atomic mass is 10.1. The van der Waals surface area contributed by atoms with Crippen molar-refractivity contribution >= 4 is 5.97 Å². The van der Waals surface area contributed by atoms with Crippen LogP contribution in [0.5, 0.6) is 5.75 Å². The monoisotopic (exact) mass is 252 g/mol. The predicted molar refractivity (Wildman–Crippen MR) is 63.0 cm³/mol. The Morgan fingerprint density at radius 3 is 3.00 bits per heavy atom. The van der Waals surface area contributed by atoms with Crippen LogP contribution in [0.15, 0.2) is 6.20 Å². The van der Waals surface area contributed by atoms with E-state index in [1.807, 2.05) is 6.92 Å². The second-order valence-electron chi connectivity index (χ2n) is 4.37. The van der Waals surface area contributed by atoms with E-state index in [0.717, 1.165) is 11.3 Å². The summed E-state index contributed by atoms with van der Waals surface area (Å²) in [6.07, 6.45) is 1.60. The number of aromatic nitrogens is 1. The molecule has 6 nitrogen and oxygen atoms in total. The Labute approximate surface area is 105 Å². The van der Waals surface area contributed by atoms with Gasteiger partial charge in [-0.05, 0) is 13.8 Å². The maximum absolute atomic E-state index is 11.0. The van der Waals surface area contributed by atoms with E-state index in [4.69, 9.17) is 9.84 Å². The fourth-order valence-electron chi connectivity index (χ4n) is 1.98. The predicted octanol–water partition coefficient (Wildman–Crippen LogP) is 0.507. The average Bonchev–Trinajstić information content (AvgIpc) is 2.38. The van der Waals surface area contributed by atoms with Gasteiger partial charge in [-0.1, -0.05) is 0 Å². The van der Waals surface area contributed by atoms with E-state index in [1.54, 1.807) is 18.0 Å². The maximum atomic E-state index is 11.0. The van der Waals surface area contributed by atoms with Crippen molar-refractivity contribution in [2.45, 2.75) is 33.0 Å². The molecular weight excluding hydrogens is 236 g/mol. The highest BCUT2D eigenvalue weighted by Crippen LogP contribution is 2.31. The number of aliphatic carboxylic acids is 1. The van der Waals surface area contributed by atoms with Crippen LogP contribution >= 0.6 is 0 Å². The van der Waals surface area contributed by atoms with Crippen molar-refractivity contribution in [3.05, 3.63) is 23.0 Å². The van der Waals surface area contributed by atoms with E-state index in [-0.39, 0.29) is 13.3 Å². The second kappa shape index (κ2) is 4.91. The molecule has 1 atom stereocenters. The van der Waals surface area contributed by atoms with Gasteiger partial charge in [0.2, 0.25) is 0 Å². The quantitative estimate of drug-likeness (QED) is 0.815. The van der Waals surface area contributed by atoms with Crippen LogP contribution in [0, 0.1) is 6.92 Å². The number of rotatable bonds is 3. The van der Waals surface area contributed by atoms with Crippen LogP contribution in [-0.4, -0.2) is 38.8 Å². The Bertz CT molecular complexity index is 475. The minimum absolute atomic E-state index is 0.131. The number of aliphatic hydroxyl groups excluding tert-OH is 1. The lowest BCUT2D eigenvalue weighted by Gasteiger charge is -2.32. The van der Waals surface area contributed by atoms with Crippen molar-refractivity contribution in [2.24, 2.45) is 0 Å². The summed E-state index contributed by atoms with van der Waals surface area (Å²) < 4.78 is 5.57. The number of carboxylic acids is 1. The van der Waals surface area contributed by atoms with Crippen LogP contribution in [-0.2, 0) is 17.9 Å². The number of hydrogen-bond acceptors (Lipinski definition) is 5. The third-order valence-corrected chi connectivity index (χ3v) is 3.22. The molecule has 6 heteroatoms. The summed E-state index contributed by atoms with van der Waals surface area (Å²) in [5.41, 5.74) is 2.26. The number of nitrogens with zero attached hydrogens (tertiary/aromatic N) is 2. The fraction of sp³-hybridized carbons (Fsp3) is 0.500. The first kappa shape index (κ1) is 12.8. The molecule has 98 valence electrons. The van der Waals surface area contributed by atoms with Gasteiger partial charge in [-0.15, -0.1) is 0 Å². The van der Waals surface area contributed by atoms with Gasteiger partial charge >= 0.3 is 5.97 Å². The fourth-order valence-corrected chi connectivity index (χ4v) is 1.98. The van der Waals surface area contributed by atoms with Gasteiger partial charge in [-0.2, -0.15) is 0 Å². The Balaban J connectivity index is 2.33. The smallest absolute Gasteiger partial charge is 0.320 e. The summed E-state index contributed by atoms with van der Waals surface area (Å²) >= 11 is 0. The first-order valence-corrected chi connectivity index (χ1v) is 5.72. The number of aryl methyl sites for hydroxylation is 1. The zero-order valence-corrected chi connectivity index (χ0v) is 10.4. The molecule has 0 fully saturated rings. The van der Waals surface area contributed by atoms with Gasteiger partial charge in [-0.3, -0.25) is 14.7 Å². The normalized spacial score (nSPS) is 16.8. The van der Waals surface area contributed by atoms with E-state index in [2.05, 4.69) is 4.98 Å². The molecule has 2 rings (SSSR count). The highest BCUT2D eigenvalue weighted by Gasteiger charge is 2.28. The molecule has 0 saturated carbocycles. The number of pyridine rings is 1. The Kier molecular flexibility index (Phi) is 3.49. The molecule has 1 aliphatic heterocycles. The molecule has 18 heavy (non-hydrogen) atoms. The average molecular weight is 252 g/mol. The van der Waals surface area contributed by atoms with Crippen molar-refractivity contribution in [3.8, 4) is 5.75 Å². The highest BCUT2D eigenvalue weighted by molar-refractivity contribution is 5.73. The van der Waals surface area contributed by atoms with Crippen LogP contribution in [0.3, 0.4) is 0 Å². The van der Waals surface area contributed by atoms with Gasteiger partial charge < -0.3 is 14.9 Å². The summed E-state index contributed by atoms with van der Waals surface area (Å²) in [7, 11) is 0. The topological polar surface area (TPSA) is 82.9 Å². The van der Waals surface area contributed by atoms with Crippen LogP contribution in [0.2, 0.25) is 0 Å². The van der Waals surface area contributed by atoms with E-state index >= 15 is 0 Å². The molecule has 0 saturated heterocycles. The molecule has 1 unspecified atom stereocenters. The Morgan fingerprint density at radius 1 is 1.67 bits per heavy atom. The SMILES string of the molecule is Cc1ncc(CO)c2c1OCN(C(C)C(=O)O)C2. The van der Waals surface area contributed by atoms with Crippen molar-refractivity contribution < 1.29 is 19.7 Å². The number of ether oxygens (including phenoxy) is 1. The molecular formula is C12H16N2O4. The van der Waals surface area contributed by atoms with Gasteiger partial charge in [0.05, 0.1) is 12.3 Å². The second-order valence-corrected chi connectivity index (χ2v) is 4.37. The largest absolute Gasteiger partial charge is 0.480 e. The number of carboxylic acid groups (broad SMARTS) is 1. The third-order valence-electron chi connectivity index (χ3n) is 3.22. The maximum Gasteiger partial charge on any atom is 0.320 e. The van der Waals surface area contributed by atoms with Crippen LogP contribution in [0.1, 0.15) is 23.7 Å². The van der Waals surface area contributed by atoms with Crippen molar-refractivity contribution in [1.82, 2.24) is 9.88 Å². The molecule has 0 radical (unpaired) electrons. The van der Waals surface area contributed by atoms with Gasteiger partial charge in [0.15, 0.2) is 0 Å². The van der Waals surface area contributed by atoms with Crippen molar-refractivity contribution in [1.29, 1.82) is 0 Å². The first-order valence-electron chi connectivity index (χ1n) is 5.72. The zero-order valence-electron chi connectivity index (χ0n) is 10.4. The first-order chi connectivity index (χ1) is 8.54. The lowest BCUT2D eigenvalue weighted by Crippen LogP contribution is -2.43. The number of fused-ring (bicyclic) bond motifs is 1. The Hall–Kier alpha value is -1.66. The minimum atomic E-state index is -0.890. The molecule has 0 aromatic carbocycles. The molecule has 0 amide bonds. The lowest BCUT2D eigenvalue weighted by molar-refractivity contribution is -0.144. The summed E-state index contributed by atoms with van der Waals surface area (Å²) in [6.45, 7) is 3.98. The molecule has 1 aliphatic rings. The van der Waals surface area contributed by atoms with Crippen molar-refractivity contribution in [2.75, 3.05) is 6.73 Å². The minimum Gasteiger partial charge on any atom is -0.480 e. The van der Waals surface area contributed by atoms with E-state index in [1.165, 1.54) is 0 Å². The van der Waals surface area contributed by atoms with E-state index < -0.39 is 12.0 Å². The number of hydrogen-bond donors (Lipinski definition) is 2. The van der Waals surface area contributed by atoms with Crippen molar-refractivity contribution in [3.63, 3.8) is 0 Å². The van der Waals surface area contributed by atoms with E-state index in [0.29, 0.717) is 17.9 Å². The van der Waals surface area contributed by atoms with Gasteiger partial charge in [-0.25, -0.2) is 0 Å². The molecule has 0 spiro atoms. The molecule has 0 aliphatic carbocycles. The molecule has 0 bridgehead atoms. The molecule has 2 N–H and O–H groups in total. The van der Waals surface area contributed by atoms with Gasteiger partial charge in [0.25, 0.3) is 0 Å². The number of aliphatic hydroxyl groups is 1.